The van der Waals surface area contributed by atoms with E-state index >= 15 is 0 Å². The maximum Gasteiger partial charge on any atom is 0.0646 e. The fourth-order valence-electron chi connectivity index (χ4n) is 2.86. The van der Waals surface area contributed by atoms with Crippen LogP contribution in [-0.4, -0.2) is 13.1 Å². The number of anilines is 3. The molecule has 1 N–H and O–H groups in total. The predicted octanol–water partition coefficient (Wildman–Crippen LogP) is 4.65. The molecule has 2 nitrogen and oxygen atoms in total. The quantitative estimate of drug-likeness (QED) is 0.808. The number of fused-ring (bicyclic) bond motifs is 1. The standard InChI is InChI=1S/C18H22N2/c1-14-9-10-15(2)18(13-14)20-12-6-5-11-19-16-7-3-4-8-17(16)20/h3-4,7-10,13,19H,5-6,11-12H2,1-2H3. The van der Waals surface area contributed by atoms with Crippen LogP contribution in [0.5, 0.6) is 0 Å². The van der Waals surface area contributed by atoms with Crippen LogP contribution in [0, 0.1) is 13.8 Å². The number of nitrogens with zero attached hydrogens (tertiary/aromatic N) is 1. The first kappa shape index (κ1) is 13.0. The maximum atomic E-state index is 3.56. The van der Waals surface area contributed by atoms with Gasteiger partial charge in [0.2, 0.25) is 0 Å². The lowest BCUT2D eigenvalue weighted by atomic mass is 10.1. The third-order valence-corrected chi connectivity index (χ3v) is 3.97. The average molecular weight is 266 g/mol. The van der Waals surface area contributed by atoms with E-state index in [2.05, 4.69) is 66.5 Å². The molecule has 2 aromatic carbocycles. The summed E-state index contributed by atoms with van der Waals surface area (Å²) in [6.07, 6.45) is 2.43. The van der Waals surface area contributed by atoms with Crippen molar-refractivity contribution in [3.8, 4) is 0 Å². The summed E-state index contributed by atoms with van der Waals surface area (Å²) < 4.78 is 0. The second-order valence-corrected chi connectivity index (χ2v) is 5.59. The third-order valence-electron chi connectivity index (χ3n) is 3.97. The predicted molar refractivity (Wildman–Crippen MR) is 87.1 cm³/mol. The molecule has 0 aromatic heterocycles. The van der Waals surface area contributed by atoms with Gasteiger partial charge in [0.25, 0.3) is 0 Å². The number of nitrogens with one attached hydrogen (secondary N) is 1. The monoisotopic (exact) mass is 266 g/mol. The minimum Gasteiger partial charge on any atom is -0.383 e. The second-order valence-electron chi connectivity index (χ2n) is 5.59. The van der Waals surface area contributed by atoms with Crippen molar-refractivity contribution in [1.82, 2.24) is 0 Å². The lowest BCUT2D eigenvalue weighted by Gasteiger charge is -2.31. The molecule has 0 amide bonds. The second kappa shape index (κ2) is 5.58. The summed E-state index contributed by atoms with van der Waals surface area (Å²) in [5, 5.41) is 3.56. The Bertz CT molecular complexity index is 604. The first-order chi connectivity index (χ1) is 9.75. The van der Waals surface area contributed by atoms with Crippen LogP contribution in [0.25, 0.3) is 0 Å². The van der Waals surface area contributed by atoms with E-state index in [1.54, 1.807) is 0 Å². The average Bonchev–Trinajstić information content (AvgIpc) is 2.43. The van der Waals surface area contributed by atoms with Crippen LogP contribution in [0.2, 0.25) is 0 Å². The van der Waals surface area contributed by atoms with E-state index in [1.165, 1.54) is 41.0 Å². The summed E-state index contributed by atoms with van der Waals surface area (Å²) in [5.41, 5.74) is 6.53. The molecular formula is C18H22N2. The number of rotatable bonds is 1. The van der Waals surface area contributed by atoms with Gasteiger partial charge in [0, 0.05) is 18.8 Å². The van der Waals surface area contributed by atoms with Crippen molar-refractivity contribution >= 4 is 17.1 Å². The molecule has 1 aliphatic rings. The summed E-state index contributed by atoms with van der Waals surface area (Å²) >= 11 is 0. The highest BCUT2D eigenvalue weighted by molar-refractivity contribution is 5.78. The van der Waals surface area contributed by atoms with Crippen molar-refractivity contribution in [3.63, 3.8) is 0 Å². The molecule has 0 fully saturated rings. The van der Waals surface area contributed by atoms with Crippen LogP contribution in [0.3, 0.4) is 0 Å². The van der Waals surface area contributed by atoms with Crippen molar-refractivity contribution in [3.05, 3.63) is 53.6 Å². The summed E-state index contributed by atoms with van der Waals surface area (Å²) in [6, 6.07) is 15.3. The van der Waals surface area contributed by atoms with E-state index in [9.17, 15) is 0 Å². The van der Waals surface area contributed by atoms with E-state index in [0.717, 1.165) is 13.1 Å². The summed E-state index contributed by atoms with van der Waals surface area (Å²) in [4.78, 5) is 2.46. The fraction of sp³-hybridized carbons (Fsp3) is 0.333. The van der Waals surface area contributed by atoms with Crippen LogP contribution in [-0.2, 0) is 0 Å². The molecule has 0 aliphatic carbocycles. The fourth-order valence-corrected chi connectivity index (χ4v) is 2.86. The van der Waals surface area contributed by atoms with Crippen LogP contribution in [0.4, 0.5) is 17.1 Å². The molecular weight excluding hydrogens is 244 g/mol. The van der Waals surface area contributed by atoms with Crippen molar-refractivity contribution in [1.29, 1.82) is 0 Å². The molecule has 0 bridgehead atoms. The van der Waals surface area contributed by atoms with Gasteiger partial charge < -0.3 is 10.2 Å². The molecule has 3 rings (SSSR count). The number of para-hydroxylation sites is 2. The van der Waals surface area contributed by atoms with Crippen LogP contribution < -0.4 is 10.2 Å². The van der Waals surface area contributed by atoms with E-state index in [4.69, 9.17) is 0 Å². The van der Waals surface area contributed by atoms with Gasteiger partial charge in [0.05, 0.1) is 11.4 Å². The lowest BCUT2D eigenvalue weighted by Crippen LogP contribution is -2.23. The molecule has 1 aliphatic heterocycles. The van der Waals surface area contributed by atoms with Crippen LogP contribution >= 0.6 is 0 Å². The number of hydrogen-bond donors (Lipinski definition) is 1. The van der Waals surface area contributed by atoms with Gasteiger partial charge in [0.1, 0.15) is 0 Å². The highest BCUT2D eigenvalue weighted by Crippen LogP contribution is 2.35. The zero-order chi connectivity index (χ0) is 13.9. The Morgan fingerprint density at radius 1 is 0.950 bits per heavy atom. The van der Waals surface area contributed by atoms with Crippen LogP contribution in [0.15, 0.2) is 42.5 Å². The van der Waals surface area contributed by atoms with E-state index in [1.807, 2.05) is 0 Å². The number of hydrogen-bond acceptors (Lipinski definition) is 2. The van der Waals surface area contributed by atoms with Gasteiger partial charge in [-0.15, -0.1) is 0 Å². The smallest absolute Gasteiger partial charge is 0.0646 e. The van der Waals surface area contributed by atoms with Gasteiger partial charge in [-0.05, 0) is 56.0 Å². The molecule has 0 atom stereocenters. The van der Waals surface area contributed by atoms with Gasteiger partial charge >= 0.3 is 0 Å². The Balaban J connectivity index is 2.10. The largest absolute Gasteiger partial charge is 0.383 e. The molecule has 0 spiro atoms. The molecule has 1 heterocycles. The molecule has 0 saturated carbocycles. The van der Waals surface area contributed by atoms with Crippen molar-refractivity contribution in [2.75, 3.05) is 23.3 Å². The Morgan fingerprint density at radius 2 is 1.80 bits per heavy atom. The zero-order valence-electron chi connectivity index (χ0n) is 12.3. The molecule has 20 heavy (non-hydrogen) atoms. The van der Waals surface area contributed by atoms with E-state index < -0.39 is 0 Å². The Hall–Kier alpha value is -1.96. The summed E-state index contributed by atoms with van der Waals surface area (Å²) in [7, 11) is 0. The van der Waals surface area contributed by atoms with Crippen molar-refractivity contribution in [2.45, 2.75) is 26.7 Å². The Kier molecular flexibility index (Phi) is 3.64. The van der Waals surface area contributed by atoms with E-state index in [0.29, 0.717) is 0 Å². The molecule has 104 valence electrons. The van der Waals surface area contributed by atoms with Gasteiger partial charge in [-0.1, -0.05) is 24.3 Å². The van der Waals surface area contributed by atoms with Gasteiger partial charge in [-0.2, -0.15) is 0 Å². The maximum absolute atomic E-state index is 3.56. The molecule has 0 saturated heterocycles. The number of benzene rings is 2. The highest BCUT2D eigenvalue weighted by atomic mass is 15.2. The Morgan fingerprint density at radius 3 is 2.70 bits per heavy atom. The minimum absolute atomic E-state index is 1.07. The highest BCUT2D eigenvalue weighted by Gasteiger charge is 2.16. The van der Waals surface area contributed by atoms with Gasteiger partial charge in [0.15, 0.2) is 0 Å². The zero-order valence-corrected chi connectivity index (χ0v) is 12.3. The molecule has 0 unspecified atom stereocenters. The van der Waals surface area contributed by atoms with Gasteiger partial charge in [-0.25, -0.2) is 0 Å². The number of aryl methyl sites for hydroxylation is 2. The minimum atomic E-state index is 1.07. The SMILES string of the molecule is Cc1ccc(C)c(N2CCCCNc3ccccc32)c1. The molecule has 2 aromatic rings. The normalized spacial score (nSPS) is 15.0. The first-order valence-corrected chi connectivity index (χ1v) is 7.43. The summed E-state index contributed by atoms with van der Waals surface area (Å²) in [5.74, 6) is 0. The molecule has 0 radical (unpaired) electrons. The molecule has 2 heteroatoms. The van der Waals surface area contributed by atoms with Crippen molar-refractivity contribution in [2.24, 2.45) is 0 Å². The third kappa shape index (κ3) is 2.51. The van der Waals surface area contributed by atoms with Gasteiger partial charge in [-0.3, -0.25) is 0 Å². The van der Waals surface area contributed by atoms with Crippen molar-refractivity contribution < 1.29 is 0 Å². The van der Waals surface area contributed by atoms with E-state index in [-0.39, 0.29) is 0 Å². The first-order valence-electron chi connectivity index (χ1n) is 7.43. The van der Waals surface area contributed by atoms with Crippen LogP contribution in [0.1, 0.15) is 24.0 Å². The topological polar surface area (TPSA) is 15.3 Å². The lowest BCUT2D eigenvalue weighted by molar-refractivity contribution is 0.746. The summed E-state index contributed by atoms with van der Waals surface area (Å²) in [6.45, 7) is 6.52. The Labute approximate surface area is 121 Å².